The topological polar surface area (TPSA) is 75.7 Å². The maximum absolute atomic E-state index is 13.5. The molecule has 0 unspecified atom stereocenters. The van der Waals surface area contributed by atoms with E-state index in [9.17, 15) is 14.4 Å². The molecule has 1 aliphatic rings. The van der Waals surface area contributed by atoms with E-state index in [0.29, 0.717) is 49.2 Å². The number of nitrogens with zero attached hydrogens (tertiary/aromatic N) is 1. The average Bonchev–Trinajstić information content (AvgIpc) is 2.93. The summed E-state index contributed by atoms with van der Waals surface area (Å²) in [5.41, 5.74) is 2.15. The Labute approximate surface area is 205 Å². The molecule has 6 heteroatoms. The van der Waals surface area contributed by atoms with Crippen LogP contribution in [-0.4, -0.2) is 48.7 Å². The molecule has 1 saturated heterocycles. The van der Waals surface area contributed by atoms with Crippen LogP contribution >= 0.6 is 0 Å². The van der Waals surface area contributed by atoms with Crippen molar-refractivity contribution < 1.29 is 19.1 Å². The lowest BCUT2D eigenvalue weighted by molar-refractivity contribution is -0.134. The predicted molar refractivity (Wildman–Crippen MR) is 134 cm³/mol. The van der Waals surface area contributed by atoms with Crippen LogP contribution in [-0.2, 0) is 11.2 Å². The van der Waals surface area contributed by atoms with E-state index in [4.69, 9.17) is 4.74 Å². The Morgan fingerprint density at radius 3 is 2.06 bits per heavy atom. The van der Waals surface area contributed by atoms with Crippen LogP contribution in [0.25, 0.3) is 0 Å². The van der Waals surface area contributed by atoms with E-state index in [2.05, 4.69) is 5.32 Å². The van der Waals surface area contributed by atoms with Gasteiger partial charge in [0.15, 0.2) is 5.78 Å². The fourth-order valence-corrected chi connectivity index (χ4v) is 4.45. The summed E-state index contributed by atoms with van der Waals surface area (Å²) in [6.45, 7) is 0.968. The normalized spacial score (nSPS) is 14.7. The number of piperidine rings is 1. The third-order valence-electron chi connectivity index (χ3n) is 6.47. The smallest absolute Gasteiger partial charge is 0.251 e. The van der Waals surface area contributed by atoms with Gasteiger partial charge in [0, 0.05) is 36.6 Å². The number of amides is 2. The van der Waals surface area contributed by atoms with Crippen LogP contribution in [0.5, 0.6) is 5.75 Å². The van der Waals surface area contributed by atoms with Crippen LogP contribution in [0.3, 0.4) is 0 Å². The van der Waals surface area contributed by atoms with Crippen molar-refractivity contribution in [3.8, 4) is 5.75 Å². The van der Waals surface area contributed by atoms with Crippen LogP contribution in [0.2, 0.25) is 0 Å². The van der Waals surface area contributed by atoms with Gasteiger partial charge in [-0.3, -0.25) is 14.4 Å². The number of carbonyl (C=O) groups excluding carboxylic acids is 3. The highest BCUT2D eigenvalue weighted by Crippen LogP contribution is 2.24. The Balaban J connectivity index is 1.42. The number of ketones is 1. The van der Waals surface area contributed by atoms with Crippen molar-refractivity contribution in [2.45, 2.75) is 25.3 Å². The zero-order valence-corrected chi connectivity index (χ0v) is 19.9. The third-order valence-corrected chi connectivity index (χ3v) is 6.47. The highest BCUT2D eigenvalue weighted by molar-refractivity contribution is 5.99. The minimum Gasteiger partial charge on any atom is -0.497 e. The van der Waals surface area contributed by atoms with Crippen molar-refractivity contribution >= 4 is 17.6 Å². The number of ether oxygens (including phenoxy) is 1. The fraction of sp³-hybridized carbons (Fsp3) is 0.276. The summed E-state index contributed by atoms with van der Waals surface area (Å²) >= 11 is 0. The first-order valence-corrected chi connectivity index (χ1v) is 11.9. The molecule has 0 aromatic heterocycles. The number of benzene rings is 3. The first kappa shape index (κ1) is 24.2. The Kier molecular flexibility index (Phi) is 7.93. The Morgan fingerprint density at radius 2 is 1.46 bits per heavy atom. The van der Waals surface area contributed by atoms with E-state index >= 15 is 0 Å². The summed E-state index contributed by atoms with van der Waals surface area (Å²) in [7, 11) is 1.59. The van der Waals surface area contributed by atoms with Gasteiger partial charge >= 0.3 is 0 Å². The van der Waals surface area contributed by atoms with Crippen molar-refractivity contribution in [2.75, 3.05) is 20.2 Å². The minimum absolute atomic E-state index is 0.0953. The first-order valence-electron chi connectivity index (χ1n) is 11.9. The molecule has 1 heterocycles. The van der Waals surface area contributed by atoms with Gasteiger partial charge < -0.3 is 15.0 Å². The third kappa shape index (κ3) is 6.15. The molecule has 3 aromatic carbocycles. The summed E-state index contributed by atoms with van der Waals surface area (Å²) < 4.78 is 5.17. The SMILES string of the molecule is COc1ccc(C(=O)C2CCN(C(=O)[C@@H](Cc3ccccc3)NC(=O)c3ccccc3)CC2)cc1. The number of hydrogen-bond acceptors (Lipinski definition) is 4. The van der Waals surface area contributed by atoms with Gasteiger partial charge in [-0.05, 0) is 54.8 Å². The number of methoxy groups -OCH3 is 1. The zero-order chi connectivity index (χ0) is 24.6. The highest BCUT2D eigenvalue weighted by atomic mass is 16.5. The fourth-order valence-electron chi connectivity index (χ4n) is 4.45. The second-order valence-electron chi connectivity index (χ2n) is 8.77. The van der Waals surface area contributed by atoms with Crippen LogP contribution in [0.15, 0.2) is 84.9 Å². The monoisotopic (exact) mass is 470 g/mol. The molecule has 0 bridgehead atoms. The Morgan fingerprint density at radius 1 is 0.857 bits per heavy atom. The van der Waals surface area contributed by atoms with E-state index in [0.717, 1.165) is 5.56 Å². The summed E-state index contributed by atoms with van der Waals surface area (Å²) in [5, 5.41) is 2.94. The molecule has 0 aliphatic carbocycles. The van der Waals surface area contributed by atoms with Crippen molar-refractivity contribution in [2.24, 2.45) is 5.92 Å². The summed E-state index contributed by atoms with van der Waals surface area (Å²) in [6, 6.07) is 25.0. The quantitative estimate of drug-likeness (QED) is 0.502. The Hall–Kier alpha value is -3.93. The van der Waals surface area contributed by atoms with Gasteiger partial charge in [0.2, 0.25) is 5.91 Å². The van der Waals surface area contributed by atoms with Gasteiger partial charge in [-0.15, -0.1) is 0 Å². The standard InChI is InChI=1S/C29H30N2O4/c1-35-25-14-12-22(13-15-25)27(32)23-16-18-31(19-17-23)29(34)26(20-21-8-4-2-5-9-21)30-28(33)24-10-6-3-7-11-24/h2-15,23,26H,16-20H2,1H3,(H,30,33)/t26-/m1/s1. The molecular weight excluding hydrogens is 440 g/mol. The number of hydrogen-bond donors (Lipinski definition) is 1. The van der Waals surface area contributed by atoms with Crippen molar-refractivity contribution in [1.82, 2.24) is 10.2 Å². The number of Topliss-reactive ketones (excluding diaryl/α,β-unsaturated/α-hetero) is 1. The zero-order valence-electron chi connectivity index (χ0n) is 19.9. The van der Waals surface area contributed by atoms with Crippen LogP contribution in [0, 0.1) is 5.92 Å². The number of carbonyl (C=O) groups is 3. The van der Waals surface area contributed by atoms with Crippen molar-refractivity contribution in [3.05, 3.63) is 102 Å². The number of likely N-dealkylation sites (tertiary alicyclic amines) is 1. The lowest BCUT2D eigenvalue weighted by Crippen LogP contribution is -2.52. The lowest BCUT2D eigenvalue weighted by Gasteiger charge is -2.34. The van der Waals surface area contributed by atoms with Crippen molar-refractivity contribution in [3.63, 3.8) is 0 Å². The van der Waals surface area contributed by atoms with E-state index in [-0.39, 0.29) is 23.5 Å². The molecule has 4 rings (SSSR count). The predicted octanol–water partition coefficient (Wildman–Crippen LogP) is 4.16. The molecule has 3 aromatic rings. The molecule has 2 amide bonds. The molecule has 0 spiro atoms. The maximum atomic E-state index is 13.5. The van der Waals surface area contributed by atoms with Gasteiger partial charge in [0.1, 0.15) is 11.8 Å². The number of rotatable bonds is 8. The van der Waals surface area contributed by atoms with Crippen LogP contribution < -0.4 is 10.1 Å². The highest BCUT2D eigenvalue weighted by Gasteiger charge is 2.32. The molecule has 0 saturated carbocycles. The number of nitrogens with one attached hydrogen (secondary N) is 1. The molecule has 180 valence electrons. The van der Waals surface area contributed by atoms with Crippen LogP contribution in [0.1, 0.15) is 39.1 Å². The Bertz CT molecular complexity index is 1140. The molecule has 1 aliphatic heterocycles. The maximum Gasteiger partial charge on any atom is 0.251 e. The molecule has 0 radical (unpaired) electrons. The minimum atomic E-state index is -0.682. The van der Waals surface area contributed by atoms with Crippen molar-refractivity contribution in [1.29, 1.82) is 0 Å². The molecule has 1 fully saturated rings. The second kappa shape index (κ2) is 11.5. The van der Waals surface area contributed by atoms with Gasteiger partial charge in [0.25, 0.3) is 5.91 Å². The molecule has 1 atom stereocenters. The summed E-state index contributed by atoms with van der Waals surface area (Å²) in [5.74, 6) is 0.291. The van der Waals surface area contributed by atoms with Gasteiger partial charge in [-0.2, -0.15) is 0 Å². The summed E-state index contributed by atoms with van der Waals surface area (Å²) in [4.78, 5) is 41.1. The molecular formula is C29H30N2O4. The van der Waals surface area contributed by atoms with E-state index in [1.165, 1.54) is 0 Å². The average molecular weight is 471 g/mol. The molecule has 6 nitrogen and oxygen atoms in total. The van der Waals surface area contributed by atoms with Gasteiger partial charge in [-0.25, -0.2) is 0 Å². The molecule has 35 heavy (non-hydrogen) atoms. The molecule has 1 N–H and O–H groups in total. The first-order chi connectivity index (χ1) is 17.0. The largest absolute Gasteiger partial charge is 0.497 e. The van der Waals surface area contributed by atoms with E-state index < -0.39 is 6.04 Å². The van der Waals surface area contributed by atoms with E-state index in [1.54, 1.807) is 60.5 Å². The van der Waals surface area contributed by atoms with Crippen LogP contribution in [0.4, 0.5) is 0 Å². The lowest BCUT2D eigenvalue weighted by atomic mass is 9.88. The van der Waals surface area contributed by atoms with Gasteiger partial charge in [-0.1, -0.05) is 48.5 Å². The van der Waals surface area contributed by atoms with Gasteiger partial charge in [0.05, 0.1) is 7.11 Å². The second-order valence-corrected chi connectivity index (χ2v) is 8.77. The summed E-state index contributed by atoms with van der Waals surface area (Å²) in [6.07, 6.45) is 1.60. The van der Waals surface area contributed by atoms with E-state index in [1.807, 2.05) is 36.4 Å².